The van der Waals surface area contributed by atoms with Crippen LogP contribution in [-0.4, -0.2) is 17.3 Å². The standard InChI is InChI=1S/C25H19Br2NO4S2/c1-30-21-11-16(7-8-20(21)31-13-15-5-3-2-4-6-15)14-32-23-18(26)9-17(10-19(23)27)12-22-24(29)28-25(33)34-22/h2-12H,13-14H2,1H3,(H,28,29,33)/b22-12+. The van der Waals surface area contributed by atoms with Gasteiger partial charge in [0.1, 0.15) is 23.3 Å². The van der Waals surface area contributed by atoms with Crippen LogP contribution in [0.25, 0.3) is 6.08 Å². The largest absolute Gasteiger partial charge is 0.493 e. The van der Waals surface area contributed by atoms with Gasteiger partial charge in [0.05, 0.1) is 21.0 Å². The fraction of sp³-hybridized carbons (Fsp3) is 0.120. The number of benzene rings is 3. The van der Waals surface area contributed by atoms with E-state index in [1.807, 2.05) is 60.7 Å². The zero-order valence-corrected chi connectivity index (χ0v) is 22.8. The van der Waals surface area contributed by atoms with Crippen molar-refractivity contribution in [3.63, 3.8) is 0 Å². The van der Waals surface area contributed by atoms with E-state index in [1.54, 1.807) is 13.2 Å². The highest BCUT2D eigenvalue weighted by Gasteiger charge is 2.22. The zero-order chi connectivity index (χ0) is 24.1. The van der Waals surface area contributed by atoms with Crippen molar-refractivity contribution in [2.45, 2.75) is 13.2 Å². The highest BCUT2D eigenvalue weighted by Crippen LogP contribution is 2.37. The molecule has 1 aliphatic rings. The second-order valence-electron chi connectivity index (χ2n) is 7.21. The van der Waals surface area contributed by atoms with Crippen molar-refractivity contribution in [2.24, 2.45) is 0 Å². The lowest BCUT2D eigenvalue weighted by Crippen LogP contribution is -2.17. The molecule has 3 aromatic rings. The Morgan fingerprint density at radius 1 is 0.941 bits per heavy atom. The van der Waals surface area contributed by atoms with Crippen molar-refractivity contribution in [2.75, 3.05) is 7.11 Å². The first-order valence-corrected chi connectivity index (χ1v) is 12.9. The zero-order valence-electron chi connectivity index (χ0n) is 18.0. The molecule has 0 aliphatic carbocycles. The van der Waals surface area contributed by atoms with Gasteiger partial charge < -0.3 is 19.5 Å². The van der Waals surface area contributed by atoms with Crippen molar-refractivity contribution < 1.29 is 19.0 Å². The molecule has 0 saturated carbocycles. The summed E-state index contributed by atoms with van der Waals surface area (Å²) in [5, 5.41) is 2.62. The number of carbonyl (C=O) groups is 1. The third-order valence-electron chi connectivity index (χ3n) is 4.81. The fourth-order valence-electron chi connectivity index (χ4n) is 3.18. The van der Waals surface area contributed by atoms with Gasteiger partial charge in [0.2, 0.25) is 0 Å². The first-order valence-electron chi connectivity index (χ1n) is 10.1. The summed E-state index contributed by atoms with van der Waals surface area (Å²) in [6.45, 7) is 0.793. The van der Waals surface area contributed by atoms with Gasteiger partial charge in [-0.1, -0.05) is 60.4 Å². The summed E-state index contributed by atoms with van der Waals surface area (Å²) in [5.41, 5.74) is 2.86. The van der Waals surface area contributed by atoms with E-state index in [0.29, 0.717) is 39.7 Å². The van der Waals surface area contributed by atoms with E-state index >= 15 is 0 Å². The molecule has 0 aromatic heterocycles. The molecular weight excluding hydrogens is 602 g/mol. The normalized spacial score (nSPS) is 14.3. The van der Waals surface area contributed by atoms with Gasteiger partial charge in [-0.05, 0) is 78.9 Å². The van der Waals surface area contributed by atoms with E-state index in [0.717, 1.165) is 25.6 Å². The summed E-state index contributed by atoms with van der Waals surface area (Å²) in [7, 11) is 1.62. The minimum absolute atomic E-state index is 0.187. The van der Waals surface area contributed by atoms with Gasteiger partial charge in [0, 0.05) is 0 Å². The monoisotopic (exact) mass is 619 g/mol. The van der Waals surface area contributed by atoms with Crippen LogP contribution in [0.1, 0.15) is 16.7 Å². The number of carbonyl (C=O) groups excluding carboxylic acids is 1. The number of thiocarbonyl (C=S) groups is 1. The Kier molecular flexibility index (Phi) is 8.31. The first-order chi connectivity index (χ1) is 16.4. The fourth-order valence-corrected chi connectivity index (χ4v) is 5.68. The Morgan fingerprint density at radius 3 is 2.29 bits per heavy atom. The number of amides is 1. The van der Waals surface area contributed by atoms with Crippen LogP contribution >= 0.6 is 55.8 Å². The van der Waals surface area contributed by atoms with Crippen LogP contribution in [-0.2, 0) is 18.0 Å². The molecule has 1 saturated heterocycles. The maximum atomic E-state index is 11.9. The molecule has 0 atom stereocenters. The average molecular weight is 621 g/mol. The Balaban J connectivity index is 1.44. The van der Waals surface area contributed by atoms with Crippen LogP contribution < -0.4 is 19.5 Å². The van der Waals surface area contributed by atoms with Gasteiger partial charge in [-0.15, -0.1) is 0 Å². The maximum Gasteiger partial charge on any atom is 0.263 e. The Morgan fingerprint density at radius 2 is 1.65 bits per heavy atom. The third kappa shape index (κ3) is 6.21. The van der Waals surface area contributed by atoms with Crippen molar-refractivity contribution in [1.82, 2.24) is 5.32 Å². The summed E-state index contributed by atoms with van der Waals surface area (Å²) >= 11 is 13.4. The maximum absolute atomic E-state index is 11.9. The molecule has 1 amide bonds. The highest BCUT2D eigenvalue weighted by atomic mass is 79.9. The smallest absolute Gasteiger partial charge is 0.263 e. The Hall–Kier alpha value is -2.33. The van der Waals surface area contributed by atoms with E-state index in [1.165, 1.54) is 11.8 Å². The summed E-state index contributed by atoms with van der Waals surface area (Å²) < 4.78 is 19.5. The van der Waals surface area contributed by atoms with Gasteiger partial charge in [-0.3, -0.25) is 4.79 Å². The molecular formula is C25H19Br2NO4S2. The minimum Gasteiger partial charge on any atom is -0.493 e. The van der Waals surface area contributed by atoms with Gasteiger partial charge in [-0.2, -0.15) is 0 Å². The minimum atomic E-state index is -0.187. The van der Waals surface area contributed by atoms with Crippen molar-refractivity contribution in [3.8, 4) is 17.2 Å². The second-order valence-corrected chi connectivity index (χ2v) is 10.6. The van der Waals surface area contributed by atoms with Crippen LogP contribution in [0.15, 0.2) is 74.5 Å². The molecule has 1 aliphatic heterocycles. The Bertz CT molecular complexity index is 1240. The molecule has 1 fully saturated rings. The van der Waals surface area contributed by atoms with Crippen LogP contribution in [0.2, 0.25) is 0 Å². The van der Waals surface area contributed by atoms with Crippen molar-refractivity contribution in [3.05, 3.63) is 91.2 Å². The number of hydrogen-bond donors (Lipinski definition) is 1. The van der Waals surface area contributed by atoms with Crippen molar-refractivity contribution >= 4 is 72.1 Å². The molecule has 1 heterocycles. The lowest BCUT2D eigenvalue weighted by Gasteiger charge is -2.14. The second kappa shape index (κ2) is 11.4. The van der Waals surface area contributed by atoms with Gasteiger partial charge in [0.15, 0.2) is 11.5 Å². The molecule has 0 spiro atoms. The van der Waals surface area contributed by atoms with Crippen LogP contribution in [0.3, 0.4) is 0 Å². The summed E-state index contributed by atoms with van der Waals surface area (Å²) in [5.74, 6) is 1.78. The van der Waals surface area contributed by atoms with E-state index in [9.17, 15) is 4.79 Å². The summed E-state index contributed by atoms with van der Waals surface area (Å²) in [6, 6.07) is 19.5. The molecule has 0 unspecified atom stereocenters. The molecule has 4 rings (SSSR count). The number of methoxy groups -OCH3 is 1. The van der Waals surface area contributed by atoms with Gasteiger partial charge in [-0.25, -0.2) is 0 Å². The molecule has 3 aromatic carbocycles. The van der Waals surface area contributed by atoms with E-state index in [-0.39, 0.29) is 5.91 Å². The highest BCUT2D eigenvalue weighted by molar-refractivity contribution is 9.11. The third-order valence-corrected chi connectivity index (χ3v) is 7.15. The lowest BCUT2D eigenvalue weighted by molar-refractivity contribution is -0.115. The van der Waals surface area contributed by atoms with Crippen LogP contribution in [0.5, 0.6) is 17.2 Å². The van der Waals surface area contributed by atoms with Gasteiger partial charge in [0.25, 0.3) is 5.91 Å². The van der Waals surface area contributed by atoms with Gasteiger partial charge >= 0.3 is 0 Å². The molecule has 1 N–H and O–H groups in total. The Labute approximate surface area is 224 Å². The molecule has 0 radical (unpaired) electrons. The van der Waals surface area contributed by atoms with Crippen LogP contribution in [0.4, 0.5) is 0 Å². The summed E-state index contributed by atoms with van der Waals surface area (Å²) in [6.07, 6.45) is 1.79. The van der Waals surface area contributed by atoms with Crippen LogP contribution in [0, 0.1) is 0 Å². The lowest BCUT2D eigenvalue weighted by atomic mass is 10.2. The number of hydrogen-bond acceptors (Lipinski definition) is 6. The number of nitrogens with one attached hydrogen (secondary N) is 1. The van der Waals surface area contributed by atoms with E-state index in [4.69, 9.17) is 26.4 Å². The first kappa shape index (κ1) is 24.8. The average Bonchev–Trinajstić information content (AvgIpc) is 3.14. The van der Waals surface area contributed by atoms with E-state index < -0.39 is 0 Å². The quantitative estimate of drug-likeness (QED) is 0.219. The molecule has 174 valence electrons. The number of halogens is 2. The molecule has 34 heavy (non-hydrogen) atoms. The molecule has 0 bridgehead atoms. The predicted octanol–water partition coefficient (Wildman–Crippen LogP) is 6.87. The number of rotatable bonds is 8. The van der Waals surface area contributed by atoms with E-state index in [2.05, 4.69) is 37.2 Å². The number of thioether (sulfide) groups is 1. The topological polar surface area (TPSA) is 56.8 Å². The number of ether oxygens (including phenoxy) is 3. The summed E-state index contributed by atoms with van der Waals surface area (Å²) in [4.78, 5) is 12.5. The van der Waals surface area contributed by atoms with Crippen molar-refractivity contribution in [1.29, 1.82) is 0 Å². The predicted molar refractivity (Wildman–Crippen MR) is 146 cm³/mol. The SMILES string of the molecule is COc1cc(COc2c(Br)cc(/C=C3/SC(=S)NC3=O)cc2Br)ccc1OCc1ccccc1. The molecule has 5 nitrogen and oxygen atoms in total. The molecule has 9 heteroatoms.